The maximum Gasteiger partial charge on any atom is 0.490 e. The second-order valence-electron chi connectivity index (χ2n) is 11.4. The van der Waals surface area contributed by atoms with Gasteiger partial charge in [-0.1, -0.05) is 60.1 Å². The fourth-order valence-corrected chi connectivity index (χ4v) is 7.00. The molecule has 0 radical (unpaired) electrons. The molecular formula is C34H33ClF3N5O4S. The molecule has 0 atom stereocenters. The molecule has 5 aromatic rings. The second-order valence-corrected chi connectivity index (χ2v) is 13.6. The summed E-state index contributed by atoms with van der Waals surface area (Å²) in [7, 11) is -3.58. The molecule has 1 saturated carbocycles. The van der Waals surface area contributed by atoms with Gasteiger partial charge in [-0.25, -0.2) is 22.9 Å². The highest BCUT2D eigenvalue weighted by Gasteiger charge is 2.38. The van der Waals surface area contributed by atoms with Crippen molar-refractivity contribution in [1.29, 1.82) is 0 Å². The zero-order valence-electron chi connectivity index (χ0n) is 25.5. The van der Waals surface area contributed by atoms with Gasteiger partial charge in [0, 0.05) is 34.6 Å². The maximum absolute atomic E-state index is 13.1. The van der Waals surface area contributed by atoms with E-state index in [4.69, 9.17) is 31.5 Å². The molecule has 0 saturated heterocycles. The number of para-hydroxylation sites is 1. The Balaban J connectivity index is 0.000000582. The van der Waals surface area contributed by atoms with Crippen LogP contribution in [-0.2, 0) is 14.8 Å². The highest BCUT2D eigenvalue weighted by molar-refractivity contribution is 7.89. The molecule has 1 heterocycles. The molecule has 252 valence electrons. The van der Waals surface area contributed by atoms with Crippen LogP contribution in [0.5, 0.6) is 0 Å². The number of fused-ring (bicyclic) bond motifs is 2. The highest BCUT2D eigenvalue weighted by atomic mass is 35.5. The van der Waals surface area contributed by atoms with Crippen molar-refractivity contribution in [2.75, 3.05) is 23.7 Å². The van der Waals surface area contributed by atoms with E-state index < -0.39 is 22.2 Å². The average molecular weight is 700 g/mol. The van der Waals surface area contributed by atoms with Crippen LogP contribution in [0.15, 0.2) is 95.9 Å². The molecule has 1 fully saturated rings. The molecule has 0 amide bonds. The van der Waals surface area contributed by atoms with E-state index in [9.17, 15) is 21.6 Å². The van der Waals surface area contributed by atoms with Gasteiger partial charge in [0.1, 0.15) is 5.82 Å². The van der Waals surface area contributed by atoms with E-state index in [0.29, 0.717) is 34.2 Å². The van der Waals surface area contributed by atoms with Crippen molar-refractivity contribution < 1.29 is 31.5 Å². The first-order valence-electron chi connectivity index (χ1n) is 15.2. The van der Waals surface area contributed by atoms with Crippen LogP contribution in [0.4, 0.5) is 30.6 Å². The largest absolute Gasteiger partial charge is 0.490 e. The zero-order chi connectivity index (χ0) is 34.3. The van der Waals surface area contributed by atoms with E-state index in [1.807, 2.05) is 78.9 Å². The summed E-state index contributed by atoms with van der Waals surface area (Å²) < 4.78 is 60.8. The fraction of sp³-hybridized carbons (Fsp3) is 0.265. The number of aliphatic carboxylic acids is 1. The Labute approximate surface area is 280 Å². The Kier molecular flexibility index (Phi) is 11.0. The number of aromatic nitrogens is 2. The minimum absolute atomic E-state index is 0.322. The number of nitrogens with zero attached hydrogens (tertiary/aromatic N) is 2. The van der Waals surface area contributed by atoms with Crippen LogP contribution >= 0.6 is 11.6 Å². The first-order valence-corrected chi connectivity index (χ1v) is 17.1. The number of hydrogen-bond donors (Lipinski definition) is 4. The second kappa shape index (κ2) is 15.2. The van der Waals surface area contributed by atoms with Crippen LogP contribution in [0.3, 0.4) is 0 Å². The van der Waals surface area contributed by atoms with Gasteiger partial charge in [0.05, 0.1) is 10.4 Å². The van der Waals surface area contributed by atoms with E-state index in [0.717, 1.165) is 65.4 Å². The lowest BCUT2D eigenvalue weighted by molar-refractivity contribution is -0.192. The third-order valence-corrected chi connectivity index (χ3v) is 9.80. The van der Waals surface area contributed by atoms with Gasteiger partial charge in [0.25, 0.3) is 0 Å². The number of carboxylic acids is 1. The number of benzene rings is 4. The van der Waals surface area contributed by atoms with Crippen molar-refractivity contribution in [1.82, 2.24) is 14.7 Å². The van der Waals surface area contributed by atoms with Gasteiger partial charge in [-0.05, 0) is 85.4 Å². The average Bonchev–Trinajstić information content (AvgIpc) is 3.07. The lowest BCUT2D eigenvalue weighted by Crippen LogP contribution is -2.32. The number of anilines is 3. The molecule has 4 N–H and O–H groups in total. The third-order valence-electron chi connectivity index (χ3n) is 8.07. The van der Waals surface area contributed by atoms with Gasteiger partial charge >= 0.3 is 12.1 Å². The Bertz CT molecular complexity index is 1980. The molecule has 1 aromatic heterocycles. The molecule has 0 spiro atoms. The number of sulfonamides is 1. The minimum Gasteiger partial charge on any atom is -0.475 e. The first-order chi connectivity index (χ1) is 22.9. The minimum atomic E-state index is -5.08. The molecule has 0 bridgehead atoms. The Morgan fingerprint density at radius 3 is 2.06 bits per heavy atom. The summed E-state index contributed by atoms with van der Waals surface area (Å²) in [5.41, 5.74) is 1.77. The van der Waals surface area contributed by atoms with Crippen molar-refractivity contribution in [2.24, 2.45) is 11.8 Å². The van der Waals surface area contributed by atoms with E-state index in [-0.39, 0.29) is 0 Å². The van der Waals surface area contributed by atoms with Crippen molar-refractivity contribution in [3.05, 3.63) is 96.0 Å². The molecule has 0 aliphatic heterocycles. The number of carbonyl (C=O) groups is 1. The zero-order valence-corrected chi connectivity index (χ0v) is 27.1. The van der Waals surface area contributed by atoms with Gasteiger partial charge < -0.3 is 15.7 Å². The van der Waals surface area contributed by atoms with Gasteiger partial charge in [0.15, 0.2) is 0 Å². The molecule has 9 nitrogen and oxygen atoms in total. The smallest absolute Gasteiger partial charge is 0.475 e. The maximum atomic E-state index is 13.1. The fourth-order valence-electron chi connectivity index (χ4n) is 5.53. The van der Waals surface area contributed by atoms with Crippen molar-refractivity contribution in [3.8, 4) is 0 Å². The van der Waals surface area contributed by atoms with Gasteiger partial charge in [-0.2, -0.15) is 18.2 Å². The molecular weight excluding hydrogens is 667 g/mol. The number of hydrogen-bond acceptors (Lipinski definition) is 7. The summed E-state index contributed by atoms with van der Waals surface area (Å²) >= 11 is 6.05. The highest BCUT2D eigenvalue weighted by Crippen LogP contribution is 2.31. The Morgan fingerprint density at radius 2 is 1.40 bits per heavy atom. The quantitative estimate of drug-likeness (QED) is 0.122. The molecule has 0 unspecified atom stereocenters. The van der Waals surface area contributed by atoms with Crippen molar-refractivity contribution in [2.45, 2.75) is 36.8 Å². The summed E-state index contributed by atoms with van der Waals surface area (Å²) in [4.78, 5) is 18.8. The van der Waals surface area contributed by atoms with Crippen molar-refractivity contribution in [3.63, 3.8) is 0 Å². The summed E-state index contributed by atoms with van der Waals surface area (Å²) in [5.74, 6) is -0.632. The Morgan fingerprint density at radius 1 is 0.812 bits per heavy atom. The predicted molar refractivity (Wildman–Crippen MR) is 181 cm³/mol. The number of halogens is 4. The molecule has 14 heteroatoms. The van der Waals surface area contributed by atoms with E-state index in [2.05, 4.69) is 15.4 Å². The van der Waals surface area contributed by atoms with E-state index >= 15 is 0 Å². The Hall–Kier alpha value is -4.46. The van der Waals surface area contributed by atoms with E-state index in [1.54, 1.807) is 12.1 Å². The van der Waals surface area contributed by atoms with Crippen LogP contribution in [0.1, 0.15) is 25.7 Å². The molecule has 4 aromatic carbocycles. The standard InChI is InChI=1S/C32H32ClN5O2S.C2HF3O2/c33-25-16-18-26(19-17-25)36-31-28-9-3-4-10-29(28)37-32(38-31)34-20-22-12-14-23(15-13-22)21-35-41(39,40)30-11-5-7-24-6-1-2-8-27(24)30;3-2(4,5)1(6)7/h1-11,16-19,22-23,35H,12-15,20-21H2,(H2,34,36,37,38);(H,6,7). The third kappa shape index (κ3) is 9.12. The molecule has 6 rings (SSSR count). The normalized spacial score (nSPS) is 16.6. The predicted octanol–water partition coefficient (Wildman–Crippen LogP) is 8.01. The van der Waals surface area contributed by atoms with Crippen molar-refractivity contribution >= 4 is 66.7 Å². The summed E-state index contributed by atoms with van der Waals surface area (Å²) in [6.45, 7) is 1.23. The number of rotatable bonds is 9. The monoisotopic (exact) mass is 699 g/mol. The van der Waals surface area contributed by atoms with E-state index in [1.165, 1.54) is 0 Å². The summed E-state index contributed by atoms with van der Waals surface area (Å²) in [5, 5.41) is 17.3. The van der Waals surface area contributed by atoms with Crippen LogP contribution < -0.4 is 15.4 Å². The van der Waals surface area contributed by atoms with Gasteiger partial charge in [-0.15, -0.1) is 0 Å². The van der Waals surface area contributed by atoms with Crippen LogP contribution in [-0.4, -0.2) is 48.7 Å². The number of nitrogens with one attached hydrogen (secondary N) is 3. The topological polar surface area (TPSA) is 133 Å². The summed E-state index contributed by atoms with van der Waals surface area (Å²) in [6.07, 6.45) is -1.08. The lowest BCUT2D eigenvalue weighted by Gasteiger charge is -2.28. The molecule has 1 aliphatic rings. The molecule has 48 heavy (non-hydrogen) atoms. The van der Waals surface area contributed by atoms with Crippen LogP contribution in [0.2, 0.25) is 5.02 Å². The molecule has 1 aliphatic carbocycles. The SMILES string of the molecule is O=C(O)C(F)(F)F.O=S(=O)(NCC1CCC(CNc2nc(Nc3ccc(Cl)cc3)c3ccccc3n2)CC1)c1cccc2ccccc12. The van der Waals surface area contributed by atoms with Gasteiger partial charge in [0.2, 0.25) is 16.0 Å². The van der Waals surface area contributed by atoms with Crippen LogP contribution in [0, 0.1) is 11.8 Å². The number of carboxylic acid groups (broad SMARTS) is 1. The number of alkyl halides is 3. The van der Waals surface area contributed by atoms with Crippen LogP contribution in [0.25, 0.3) is 21.7 Å². The summed E-state index contributed by atoms with van der Waals surface area (Å²) in [6, 6.07) is 28.5. The van der Waals surface area contributed by atoms with Gasteiger partial charge in [-0.3, -0.25) is 0 Å². The first kappa shape index (κ1) is 34.9. The lowest BCUT2D eigenvalue weighted by atomic mass is 9.82.